The second kappa shape index (κ2) is 7.43. The molecule has 0 fully saturated rings. The monoisotopic (exact) mass is 303 g/mol. The minimum Gasteiger partial charge on any atom is -0.329 e. The largest absolute Gasteiger partial charge is 0.329 e. The van der Waals surface area contributed by atoms with Crippen molar-refractivity contribution in [3.05, 3.63) is 52.7 Å². The lowest BCUT2D eigenvalue weighted by molar-refractivity contribution is 0.710. The highest BCUT2D eigenvalue weighted by Gasteiger charge is 2.09. The van der Waals surface area contributed by atoms with Crippen molar-refractivity contribution in [1.29, 1.82) is 0 Å². The molecule has 0 radical (unpaired) electrons. The number of hydrogen-bond donors (Lipinski definition) is 1. The highest BCUT2D eigenvalue weighted by Crippen LogP contribution is 2.25. The summed E-state index contributed by atoms with van der Waals surface area (Å²) in [6.45, 7) is 5.81. The van der Waals surface area contributed by atoms with Crippen molar-refractivity contribution in [2.75, 3.05) is 18.5 Å². The molecule has 0 unspecified atom stereocenters. The van der Waals surface area contributed by atoms with Crippen molar-refractivity contribution in [2.24, 2.45) is 0 Å². The first-order chi connectivity index (χ1) is 10.2. The lowest BCUT2D eigenvalue weighted by atomic mass is 10.1. The number of aryl methyl sites for hydroxylation is 1. The standard InChI is InChI=1S/C17H22ClN3/c1-4-13-6-8-14(9-7-13)21(3)17-11-10-15(18)16(20-17)12-19-5-2/h6-11,19H,4-5,12H2,1-3H3. The molecule has 1 aromatic heterocycles. The van der Waals surface area contributed by atoms with Gasteiger partial charge in [0.15, 0.2) is 0 Å². The quantitative estimate of drug-likeness (QED) is 0.868. The molecule has 3 nitrogen and oxygen atoms in total. The Hall–Kier alpha value is -1.58. The van der Waals surface area contributed by atoms with Crippen molar-refractivity contribution in [3.8, 4) is 0 Å². The summed E-state index contributed by atoms with van der Waals surface area (Å²) >= 11 is 6.20. The topological polar surface area (TPSA) is 28.2 Å². The number of benzene rings is 1. The predicted molar refractivity (Wildman–Crippen MR) is 90.5 cm³/mol. The summed E-state index contributed by atoms with van der Waals surface area (Å²) < 4.78 is 0. The molecule has 0 saturated heterocycles. The number of hydrogen-bond acceptors (Lipinski definition) is 3. The predicted octanol–water partition coefficient (Wildman–Crippen LogP) is 4.17. The third-order valence-corrected chi connectivity index (χ3v) is 3.87. The van der Waals surface area contributed by atoms with Crippen LogP contribution >= 0.6 is 11.6 Å². The molecule has 1 heterocycles. The molecular weight excluding hydrogens is 282 g/mol. The average Bonchev–Trinajstić information content (AvgIpc) is 2.53. The molecule has 21 heavy (non-hydrogen) atoms. The summed E-state index contributed by atoms with van der Waals surface area (Å²) in [5.41, 5.74) is 3.34. The lowest BCUT2D eigenvalue weighted by Crippen LogP contribution is -2.16. The second-order valence-electron chi connectivity index (χ2n) is 4.96. The Morgan fingerprint density at radius 2 is 1.81 bits per heavy atom. The Balaban J connectivity index is 2.23. The average molecular weight is 304 g/mol. The van der Waals surface area contributed by atoms with Gasteiger partial charge in [-0.25, -0.2) is 4.98 Å². The first kappa shape index (κ1) is 15.8. The number of pyridine rings is 1. The molecule has 0 aliphatic rings. The van der Waals surface area contributed by atoms with Crippen LogP contribution in [0.4, 0.5) is 11.5 Å². The smallest absolute Gasteiger partial charge is 0.133 e. The van der Waals surface area contributed by atoms with Crippen LogP contribution in [0, 0.1) is 0 Å². The van der Waals surface area contributed by atoms with Gasteiger partial charge in [0.25, 0.3) is 0 Å². The Morgan fingerprint density at radius 1 is 1.10 bits per heavy atom. The van der Waals surface area contributed by atoms with Gasteiger partial charge in [-0.3, -0.25) is 0 Å². The minimum atomic E-state index is 0.686. The van der Waals surface area contributed by atoms with Gasteiger partial charge in [0.05, 0.1) is 10.7 Å². The van der Waals surface area contributed by atoms with Gasteiger partial charge in [-0.1, -0.05) is 37.6 Å². The minimum absolute atomic E-state index is 0.686. The maximum atomic E-state index is 6.20. The maximum absolute atomic E-state index is 6.20. The number of anilines is 2. The third kappa shape index (κ3) is 3.96. The van der Waals surface area contributed by atoms with Crippen LogP contribution in [-0.2, 0) is 13.0 Å². The lowest BCUT2D eigenvalue weighted by Gasteiger charge is -2.20. The molecule has 0 bridgehead atoms. The number of aromatic nitrogens is 1. The van der Waals surface area contributed by atoms with E-state index < -0.39 is 0 Å². The fourth-order valence-corrected chi connectivity index (χ4v) is 2.29. The van der Waals surface area contributed by atoms with Gasteiger partial charge in [-0.15, -0.1) is 0 Å². The zero-order valence-corrected chi connectivity index (χ0v) is 13.6. The van der Waals surface area contributed by atoms with Crippen molar-refractivity contribution in [1.82, 2.24) is 10.3 Å². The Morgan fingerprint density at radius 3 is 2.43 bits per heavy atom. The highest BCUT2D eigenvalue weighted by atomic mass is 35.5. The van der Waals surface area contributed by atoms with Crippen LogP contribution in [-0.4, -0.2) is 18.6 Å². The van der Waals surface area contributed by atoms with E-state index in [1.807, 2.05) is 19.2 Å². The third-order valence-electron chi connectivity index (χ3n) is 3.52. The number of nitrogens with one attached hydrogen (secondary N) is 1. The Kier molecular flexibility index (Phi) is 5.59. The molecule has 0 amide bonds. The molecule has 1 aromatic carbocycles. The molecule has 0 saturated carbocycles. The number of halogens is 1. The first-order valence-electron chi connectivity index (χ1n) is 7.34. The molecule has 0 atom stereocenters. The Bertz CT molecular complexity index is 581. The fraction of sp³-hybridized carbons (Fsp3) is 0.353. The van der Waals surface area contributed by atoms with Gasteiger partial charge in [0, 0.05) is 19.3 Å². The van der Waals surface area contributed by atoms with E-state index in [4.69, 9.17) is 11.6 Å². The number of nitrogens with zero attached hydrogens (tertiary/aromatic N) is 2. The molecule has 0 aliphatic heterocycles. The molecular formula is C17H22ClN3. The fourth-order valence-electron chi connectivity index (χ4n) is 2.11. The van der Waals surface area contributed by atoms with Gasteiger partial charge in [0.2, 0.25) is 0 Å². The second-order valence-corrected chi connectivity index (χ2v) is 5.36. The van der Waals surface area contributed by atoms with E-state index >= 15 is 0 Å². The summed E-state index contributed by atoms with van der Waals surface area (Å²) in [5, 5.41) is 3.96. The van der Waals surface area contributed by atoms with Gasteiger partial charge >= 0.3 is 0 Å². The summed E-state index contributed by atoms with van der Waals surface area (Å²) in [6, 6.07) is 12.4. The van der Waals surface area contributed by atoms with Crippen LogP contribution in [0.2, 0.25) is 5.02 Å². The highest BCUT2D eigenvalue weighted by molar-refractivity contribution is 6.31. The van der Waals surface area contributed by atoms with E-state index in [2.05, 4.69) is 53.3 Å². The zero-order chi connectivity index (χ0) is 15.2. The van der Waals surface area contributed by atoms with E-state index in [9.17, 15) is 0 Å². The first-order valence-corrected chi connectivity index (χ1v) is 7.72. The van der Waals surface area contributed by atoms with Gasteiger partial charge in [-0.05, 0) is 42.8 Å². The zero-order valence-electron chi connectivity index (χ0n) is 12.9. The van der Waals surface area contributed by atoms with Crippen LogP contribution in [0.15, 0.2) is 36.4 Å². The van der Waals surface area contributed by atoms with Gasteiger partial charge in [-0.2, -0.15) is 0 Å². The molecule has 2 aromatic rings. The van der Waals surface area contributed by atoms with Crippen molar-refractivity contribution >= 4 is 23.1 Å². The molecule has 4 heteroatoms. The SMILES string of the molecule is CCNCc1nc(N(C)c2ccc(CC)cc2)ccc1Cl. The molecule has 1 N–H and O–H groups in total. The van der Waals surface area contributed by atoms with Crippen LogP contribution in [0.3, 0.4) is 0 Å². The summed E-state index contributed by atoms with van der Waals surface area (Å²) in [5.74, 6) is 0.900. The summed E-state index contributed by atoms with van der Waals surface area (Å²) in [6.07, 6.45) is 1.05. The molecule has 0 spiro atoms. The van der Waals surface area contributed by atoms with Crippen LogP contribution in [0.1, 0.15) is 25.1 Å². The molecule has 0 aliphatic carbocycles. The van der Waals surface area contributed by atoms with Crippen molar-refractivity contribution < 1.29 is 0 Å². The van der Waals surface area contributed by atoms with Gasteiger partial charge in [0.1, 0.15) is 5.82 Å². The molecule has 2 rings (SSSR count). The summed E-state index contributed by atoms with van der Waals surface area (Å²) in [4.78, 5) is 6.73. The van der Waals surface area contributed by atoms with E-state index in [0.29, 0.717) is 11.6 Å². The molecule has 112 valence electrons. The van der Waals surface area contributed by atoms with Crippen LogP contribution in [0.25, 0.3) is 0 Å². The number of rotatable bonds is 6. The van der Waals surface area contributed by atoms with E-state index in [-0.39, 0.29) is 0 Å². The van der Waals surface area contributed by atoms with Crippen molar-refractivity contribution in [2.45, 2.75) is 26.8 Å². The summed E-state index contributed by atoms with van der Waals surface area (Å²) in [7, 11) is 2.02. The van der Waals surface area contributed by atoms with E-state index in [1.165, 1.54) is 5.56 Å². The Labute approximate surface area is 132 Å². The van der Waals surface area contributed by atoms with Crippen LogP contribution < -0.4 is 10.2 Å². The normalized spacial score (nSPS) is 10.7. The van der Waals surface area contributed by atoms with Crippen molar-refractivity contribution in [3.63, 3.8) is 0 Å². The van der Waals surface area contributed by atoms with E-state index in [0.717, 1.165) is 30.2 Å². The van der Waals surface area contributed by atoms with Crippen LogP contribution in [0.5, 0.6) is 0 Å². The van der Waals surface area contributed by atoms with Gasteiger partial charge < -0.3 is 10.2 Å². The maximum Gasteiger partial charge on any atom is 0.133 e. The van der Waals surface area contributed by atoms with E-state index in [1.54, 1.807) is 0 Å².